The zero-order valence-corrected chi connectivity index (χ0v) is 12.9. The van der Waals surface area contributed by atoms with Crippen molar-refractivity contribution in [1.82, 2.24) is 15.0 Å². The maximum Gasteiger partial charge on any atom is 0.158 e. The maximum absolute atomic E-state index is 5.87. The summed E-state index contributed by atoms with van der Waals surface area (Å²) in [7, 11) is 0. The van der Waals surface area contributed by atoms with Gasteiger partial charge in [0.2, 0.25) is 0 Å². The van der Waals surface area contributed by atoms with Gasteiger partial charge in [-0.25, -0.2) is 4.98 Å². The van der Waals surface area contributed by atoms with Crippen LogP contribution in [-0.4, -0.2) is 15.0 Å². The summed E-state index contributed by atoms with van der Waals surface area (Å²) in [4.78, 5) is 12.0. The number of nitrogens with zero attached hydrogens (tertiary/aromatic N) is 2. The maximum atomic E-state index is 5.87. The molecule has 0 amide bonds. The number of hydrogen-bond acceptors (Lipinski definition) is 3. The number of pyridine rings is 1. The van der Waals surface area contributed by atoms with Gasteiger partial charge in [-0.3, -0.25) is 4.98 Å². The first-order chi connectivity index (χ1) is 10.1. The normalized spacial score (nSPS) is 10.6. The largest absolute Gasteiger partial charge is 0.338 e. The summed E-state index contributed by atoms with van der Waals surface area (Å²) in [6.45, 7) is 1.97. The van der Waals surface area contributed by atoms with Gasteiger partial charge in [-0.15, -0.1) is 0 Å². The second-order valence-corrected chi connectivity index (χ2v) is 5.44. The van der Waals surface area contributed by atoms with E-state index >= 15 is 0 Å². The third-order valence-corrected chi connectivity index (χ3v) is 3.81. The van der Waals surface area contributed by atoms with Gasteiger partial charge in [0.25, 0.3) is 0 Å². The number of halogens is 1. The van der Waals surface area contributed by atoms with Crippen LogP contribution in [0.3, 0.4) is 0 Å². The van der Waals surface area contributed by atoms with E-state index in [1.54, 1.807) is 12.3 Å². The molecule has 3 aromatic rings. The van der Waals surface area contributed by atoms with Crippen molar-refractivity contribution in [3.05, 3.63) is 63.9 Å². The van der Waals surface area contributed by atoms with Crippen molar-refractivity contribution >= 4 is 23.8 Å². The van der Waals surface area contributed by atoms with Crippen LogP contribution in [0.15, 0.2) is 48.7 Å². The first-order valence-electron chi connectivity index (χ1n) is 6.43. The molecule has 0 fully saturated rings. The zero-order chi connectivity index (χ0) is 14.8. The van der Waals surface area contributed by atoms with E-state index in [0.717, 1.165) is 16.8 Å². The van der Waals surface area contributed by atoms with Crippen LogP contribution in [0.4, 0.5) is 0 Å². The molecule has 0 spiro atoms. The molecule has 3 nitrogen and oxygen atoms in total. The van der Waals surface area contributed by atoms with Crippen molar-refractivity contribution in [2.45, 2.75) is 6.92 Å². The highest BCUT2D eigenvalue weighted by Crippen LogP contribution is 2.24. The molecule has 0 aliphatic heterocycles. The van der Waals surface area contributed by atoms with Crippen LogP contribution < -0.4 is 0 Å². The van der Waals surface area contributed by atoms with Crippen LogP contribution in [0, 0.1) is 11.6 Å². The standard InChI is InChI=1S/C16H12ClN3S/c1-10-14(11-5-3-2-4-6-11)19-15(20-16(10)21)13-8-7-12(17)9-18-13/h2-9H,1H3,(H,19,20,21). The highest BCUT2D eigenvalue weighted by Gasteiger charge is 2.09. The minimum absolute atomic E-state index is 0.569. The van der Waals surface area contributed by atoms with Gasteiger partial charge >= 0.3 is 0 Å². The van der Waals surface area contributed by atoms with Crippen LogP contribution in [0.1, 0.15) is 5.56 Å². The summed E-state index contributed by atoms with van der Waals surface area (Å²) in [6, 6.07) is 13.6. The molecule has 0 saturated heterocycles. The smallest absolute Gasteiger partial charge is 0.158 e. The van der Waals surface area contributed by atoms with Gasteiger partial charge in [-0.1, -0.05) is 54.2 Å². The van der Waals surface area contributed by atoms with E-state index < -0.39 is 0 Å². The lowest BCUT2D eigenvalue weighted by atomic mass is 10.1. The molecule has 3 rings (SSSR count). The molecule has 0 radical (unpaired) electrons. The second-order valence-electron chi connectivity index (χ2n) is 4.62. The van der Waals surface area contributed by atoms with Crippen LogP contribution in [-0.2, 0) is 0 Å². The first kappa shape index (κ1) is 13.9. The Bertz CT molecular complexity index is 826. The predicted octanol–water partition coefficient (Wildman–Crippen LogP) is 4.83. The fraction of sp³-hybridized carbons (Fsp3) is 0.0625. The van der Waals surface area contributed by atoms with Gasteiger partial charge in [0, 0.05) is 11.8 Å². The Morgan fingerprint density at radius 2 is 1.86 bits per heavy atom. The van der Waals surface area contributed by atoms with Crippen LogP contribution >= 0.6 is 23.8 Å². The molecule has 0 aliphatic rings. The van der Waals surface area contributed by atoms with E-state index in [9.17, 15) is 0 Å². The minimum atomic E-state index is 0.569. The summed E-state index contributed by atoms with van der Waals surface area (Å²) in [6.07, 6.45) is 1.59. The van der Waals surface area contributed by atoms with Gasteiger partial charge in [-0.05, 0) is 24.6 Å². The van der Waals surface area contributed by atoms with Gasteiger partial charge in [-0.2, -0.15) is 0 Å². The first-order valence-corrected chi connectivity index (χ1v) is 7.22. The molecule has 21 heavy (non-hydrogen) atoms. The van der Waals surface area contributed by atoms with Gasteiger partial charge in [0.15, 0.2) is 5.82 Å². The highest BCUT2D eigenvalue weighted by molar-refractivity contribution is 7.71. The zero-order valence-electron chi connectivity index (χ0n) is 11.3. The van der Waals surface area contributed by atoms with Crippen LogP contribution in [0.25, 0.3) is 22.8 Å². The number of benzene rings is 1. The fourth-order valence-electron chi connectivity index (χ4n) is 2.06. The Morgan fingerprint density at radius 3 is 2.52 bits per heavy atom. The molecule has 2 aromatic heterocycles. The summed E-state index contributed by atoms with van der Waals surface area (Å²) in [5.41, 5.74) is 3.69. The third kappa shape index (κ3) is 2.86. The molecule has 0 aliphatic carbocycles. The predicted molar refractivity (Wildman–Crippen MR) is 87.8 cm³/mol. The molecule has 104 valence electrons. The van der Waals surface area contributed by atoms with E-state index in [2.05, 4.69) is 15.0 Å². The van der Waals surface area contributed by atoms with E-state index in [0.29, 0.717) is 21.2 Å². The van der Waals surface area contributed by atoms with Crippen molar-refractivity contribution in [3.63, 3.8) is 0 Å². The number of aromatic amines is 1. The molecule has 1 aromatic carbocycles. The van der Waals surface area contributed by atoms with E-state index in [-0.39, 0.29) is 0 Å². The number of aromatic nitrogens is 3. The molecular formula is C16H12ClN3S. The second kappa shape index (κ2) is 5.76. The summed E-state index contributed by atoms with van der Waals surface area (Å²) < 4.78 is 0.569. The van der Waals surface area contributed by atoms with Gasteiger partial charge in [0.1, 0.15) is 10.3 Å². The molecule has 1 N–H and O–H groups in total. The van der Waals surface area contributed by atoms with Crippen LogP contribution in [0.5, 0.6) is 0 Å². The fourth-order valence-corrected chi connectivity index (χ4v) is 2.37. The highest BCUT2D eigenvalue weighted by atomic mass is 35.5. The SMILES string of the molecule is Cc1c(-c2ccccc2)[nH]c(-c2ccc(Cl)cn2)nc1=S. The summed E-state index contributed by atoms with van der Waals surface area (Å²) in [5.74, 6) is 0.640. The Hall–Kier alpha value is -2.04. The van der Waals surface area contributed by atoms with Crippen molar-refractivity contribution in [2.24, 2.45) is 0 Å². The van der Waals surface area contributed by atoms with E-state index in [4.69, 9.17) is 23.8 Å². The molecule has 0 unspecified atom stereocenters. The molecular weight excluding hydrogens is 302 g/mol. The Kier molecular flexibility index (Phi) is 3.82. The number of hydrogen-bond donors (Lipinski definition) is 1. The van der Waals surface area contributed by atoms with Crippen molar-refractivity contribution in [2.75, 3.05) is 0 Å². The molecule has 0 atom stereocenters. The Morgan fingerprint density at radius 1 is 1.10 bits per heavy atom. The topological polar surface area (TPSA) is 41.6 Å². The summed E-state index contributed by atoms with van der Waals surface area (Å²) in [5, 5.41) is 0.591. The lowest BCUT2D eigenvalue weighted by Gasteiger charge is -2.09. The average molecular weight is 314 g/mol. The van der Waals surface area contributed by atoms with Gasteiger partial charge in [0.05, 0.1) is 10.7 Å². The number of H-pyrrole nitrogens is 1. The van der Waals surface area contributed by atoms with Crippen molar-refractivity contribution < 1.29 is 0 Å². The van der Waals surface area contributed by atoms with E-state index in [1.165, 1.54) is 0 Å². The Balaban J connectivity index is 2.19. The molecule has 0 bridgehead atoms. The monoisotopic (exact) mass is 313 g/mol. The lowest BCUT2D eigenvalue weighted by molar-refractivity contribution is 1.10. The number of rotatable bonds is 2. The number of nitrogens with one attached hydrogen (secondary N) is 1. The van der Waals surface area contributed by atoms with Crippen LogP contribution in [0.2, 0.25) is 5.02 Å². The third-order valence-electron chi connectivity index (χ3n) is 3.19. The molecule has 5 heteroatoms. The van der Waals surface area contributed by atoms with Crippen molar-refractivity contribution in [1.29, 1.82) is 0 Å². The van der Waals surface area contributed by atoms with Gasteiger partial charge < -0.3 is 4.98 Å². The summed E-state index contributed by atoms with van der Waals surface area (Å²) >= 11 is 11.2. The Labute approximate surface area is 132 Å². The average Bonchev–Trinajstić information content (AvgIpc) is 2.51. The van der Waals surface area contributed by atoms with Crippen molar-refractivity contribution in [3.8, 4) is 22.8 Å². The quantitative estimate of drug-likeness (QED) is 0.689. The minimum Gasteiger partial charge on any atom is -0.338 e. The van der Waals surface area contributed by atoms with E-state index in [1.807, 2.05) is 43.3 Å². The molecule has 0 saturated carbocycles. The molecule has 2 heterocycles. The lowest BCUT2D eigenvalue weighted by Crippen LogP contribution is -1.98.